The van der Waals surface area contributed by atoms with Gasteiger partial charge in [-0.1, -0.05) is 26.2 Å². The third-order valence-electron chi connectivity index (χ3n) is 3.08. The Morgan fingerprint density at radius 2 is 1.90 bits per heavy atom. The molecule has 0 bridgehead atoms. The summed E-state index contributed by atoms with van der Waals surface area (Å²) in [5.74, 6) is 0.825. The Morgan fingerprint density at radius 3 is 2.55 bits per heavy atom. The number of aliphatic hydroxyl groups is 1. The van der Waals surface area contributed by atoms with Gasteiger partial charge in [-0.05, 0) is 30.7 Å². The van der Waals surface area contributed by atoms with Crippen LogP contribution in [0.1, 0.15) is 32.6 Å². The predicted octanol–water partition coefficient (Wildman–Crippen LogP) is 3.06. The van der Waals surface area contributed by atoms with Crippen molar-refractivity contribution in [3.05, 3.63) is 24.3 Å². The number of methoxy groups -OCH3 is 1. The van der Waals surface area contributed by atoms with Crippen molar-refractivity contribution in [3.8, 4) is 5.75 Å². The van der Waals surface area contributed by atoms with Crippen LogP contribution in [0.5, 0.6) is 5.75 Å². The van der Waals surface area contributed by atoms with Gasteiger partial charge in [0, 0.05) is 18.8 Å². The molecule has 1 aromatic carbocycles. The molecule has 1 unspecified atom stereocenters. The third kappa shape index (κ3) is 7.36. The first kappa shape index (κ1) is 16.8. The van der Waals surface area contributed by atoms with Crippen LogP contribution >= 0.6 is 0 Å². The molecular formula is C16H27NO3. The van der Waals surface area contributed by atoms with E-state index in [1.54, 1.807) is 7.11 Å². The monoisotopic (exact) mass is 281 g/mol. The van der Waals surface area contributed by atoms with Gasteiger partial charge >= 0.3 is 0 Å². The molecule has 0 fully saturated rings. The molecule has 114 valence electrons. The van der Waals surface area contributed by atoms with Crippen LogP contribution in [0.15, 0.2) is 24.3 Å². The van der Waals surface area contributed by atoms with E-state index < -0.39 is 6.10 Å². The summed E-state index contributed by atoms with van der Waals surface area (Å²) in [6.07, 6.45) is 4.28. The minimum Gasteiger partial charge on any atom is -0.497 e. The molecule has 0 saturated carbocycles. The Morgan fingerprint density at radius 1 is 1.15 bits per heavy atom. The highest BCUT2D eigenvalue weighted by molar-refractivity contribution is 5.46. The Kier molecular flexibility index (Phi) is 8.83. The zero-order valence-corrected chi connectivity index (χ0v) is 12.6. The molecule has 1 atom stereocenters. The maximum Gasteiger partial charge on any atom is 0.119 e. The molecule has 0 aromatic heterocycles. The van der Waals surface area contributed by atoms with Crippen LogP contribution in [-0.4, -0.2) is 38.1 Å². The number of hydrogen-bond donors (Lipinski definition) is 2. The van der Waals surface area contributed by atoms with Crippen molar-refractivity contribution in [3.63, 3.8) is 0 Å². The molecule has 1 rings (SSSR count). The van der Waals surface area contributed by atoms with Crippen molar-refractivity contribution < 1.29 is 14.6 Å². The van der Waals surface area contributed by atoms with Crippen LogP contribution in [0.3, 0.4) is 0 Å². The first-order chi connectivity index (χ1) is 9.76. The van der Waals surface area contributed by atoms with E-state index in [-0.39, 0.29) is 0 Å². The number of benzene rings is 1. The Labute approximate surface area is 122 Å². The molecule has 0 aliphatic rings. The SMILES string of the molecule is CCCCCCOCC(O)CNc1ccc(OC)cc1. The summed E-state index contributed by atoms with van der Waals surface area (Å²) in [6, 6.07) is 7.63. The molecular weight excluding hydrogens is 254 g/mol. The quantitative estimate of drug-likeness (QED) is 0.612. The van der Waals surface area contributed by atoms with E-state index in [9.17, 15) is 5.11 Å². The van der Waals surface area contributed by atoms with Gasteiger partial charge in [-0.25, -0.2) is 0 Å². The van der Waals surface area contributed by atoms with Gasteiger partial charge in [-0.2, -0.15) is 0 Å². The molecule has 4 heteroatoms. The minimum absolute atomic E-state index is 0.384. The minimum atomic E-state index is -0.483. The zero-order valence-electron chi connectivity index (χ0n) is 12.6. The summed E-state index contributed by atoms with van der Waals surface area (Å²) in [6.45, 7) is 3.80. The Hall–Kier alpha value is -1.26. The van der Waals surface area contributed by atoms with Crippen LogP contribution < -0.4 is 10.1 Å². The number of unbranched alkanes of at least 4 members (excludes halogenated alkanes) is 3. The molecule has 0 heterocycles. The molecule has 2 N–H and O–H groups in total. The molecule has 0 aliphatic heterocycles. The van der Waals surface area contributed by atoms with Gasteiger partial charge in [0.15, 0.2) is 0 Å². The summed E-state index contributed by atoms with van der Waals surface area (Å²) in [4.78, 5) is 0. The molecule has 0 radical (unpaired) electrons. The molecule has 0 aliphatic carbocycles. The van der Waals surface area contributed by atoms with E-state index in [0.717, 1.165) is 24.5 Å². The second-order valence-electron chi connectivity index (χ2n) is 4.90. The lowest BCUT2D eigenvalue weighted by molar-refractivity contribution is 0.0417. The predicted molar refractivity (Wildman–Crippen MR) is 82.5 cm³/mol. The summed E-state index contributed by atoms with van der Waals surface area (Å²) < 4.78 is 10.5. The zero-order chi connectivity index (χ0) is 14.6. The van der Waals surface area contributed by atoms with E-state index in [1.165, 1.54) is 19.3 Å². The lowest BCUT2D eigenvalue weighted by Crippen LogP contribution is -2.25. The van der Waals surface area contributed by atoms with Crippen LogP contribution in [0, 0.1) is 0 Å². The van der Waals surface area contributed by atoms with Crippen molar-refractivity contribution in [2.24, 2.45) is 0 Å². The number of rotatable bonds is 11. The number of anilines is 1. The number of aliphatic hydroxyl groups excluding tert-OH is 1. The molecule has 0 spiro atoms. The molecule has 20 heavy (non-hydrogen) atoms. The molecule has 1 aromatic rings. The first-order valence-corrected chi connectivity index (χ1v) is 7.40. The normalized spacial score (nSPS) is 12.2. The highest BCUT2D eigenvalue weighted by Gasteiger charge is 2.04. The van der Waals surface area contributed by atoms with Gasteiger partial charge in [-0.3, -0.25) is 0 Å². The van der Waals surface area contributed by atoms with Crippen molar-refractivity contribution >= 4 is 5.69 Å². The molecule has 0 amide bonds. The summed E-state index contributed by atoms with van der Waals surface area (Å²) in [7, 11) is 1.64. The van der Waals surface area contributed by atoms with Crippen LogP contribution in [0.2, 0.25) is 0 Å². The lowest BCUT2D eigenvalue weighted by Gasteiger charge is -2.13. The maximum absolute atomic E-state index is 9.80. The van der Waals surface area contributed by atoms with E-state index in [0.29, 0.717) is 13.2 Å². The van der Waals surface area contributed by atoms with E-state index in [4.69, 9.17) is 9.47 Å². The summed E-state index contributed by atoms with van der Waals surface area (Å²) in [5, 5.41) is 13.0. The number of nitrogens with one attached hydrogen (secondary N) is 1. The van der Waals surface area contributed by atoms with Gasteiger partial charge in [0.25, 0.3) is 0 Å². The largest absolute Gasteiger partial charge is 0.497 e. The van der Waals surface area contributed by atoms with Crippen LogP contribution in [0.4, 0.5) is 5.69 Å². The Bertz CT molecular complexity index is 340. The van der Waals surface area contributed by atoms with Gasteiger partial charge in [0.1, 0.15) is 5.75 Å². The van der Waals surface area contributed by atoms with Crippen molar-refractivity contribution in [2.75, 3.05) is 32.2 Å². The second-order valence-corrected chi connectivity index (χ2v) is 4.90. The molecule has 0 saturated heterocycles. The second kappa shape index (κ2) is 10.5. The van der Waals surface area contributed by atoms with E-state index >= 15 is 0 Å². The van der Waals surface area contributed by atoms with Crippen LogP contribution in [0.25, 0.3) is 0 Å². The number of ether oxygens (including phenoxy) is 2. The van der Waals surface area contributed by atoms with Crippen molar-refractivity contribution in [1.29, 1.82) is 0 Å². The maximum atomic E-state index is 9.80. The van der Waals surface area contributed by atoms with Gasteiger partial charge in [-0.15, -0.1) is 0 Å². The summed E-state index contributed by atoms with van der Waals surface area (Å²) >= 11 is 0. The fourth-order valence-electron chi connectivity index (χ4n) is 1.85. The fourth-order valence-corrected chi connectivity index (χ4v) is 1.85. The van der Waals surface area contributed by atoms with Crippen LogP contribution in [-0.2, 0) is 4.74 Å². The first-order valence-electron chi connectivity index (χ1n) is 7.40. The van der Waals surface area contributed by atoms with E-state index in [2.05, 4.69) is 12.2 Å². The van der Waals surface area contributed by atoms with Gasteiger partial charge in [0.2, 0.25) is 0 Å². The van der Waals surface area contributed by atoms with Gasteiger partial charge < -0.3 is 19.9 Å². The number of hydrogen-bond acceptors (Lipinski definition) is 4. The fraction of sp³-hybridized carbons (Fsp3) is 0.625. The Balaban J connectivity index is 2.08. The van der Waals surface area contributed by atoms with E-state index in [1.807, 2.05) is 24.3 Å². The molecule has 4 nitrogen and oxygen atoms in total. The average molecular weight is 281 g/mol. The third-order valence-corrected chi connectivity index (χ3v) is 3.08. The van der Waals surface area contributed by atoms with Gasteiger partial charge in [0.05, 0.1) is 19.8 Å². The van der Waals surface area contributed by atoms with Crippen molar-refractivity contribution in [1.82, 2.24) is 0 Å². The topological polar surface area (TPSA) is 50.7 Å². The summed E-state index contributed by atoms with van der Waals surface area (Å²) in [5.41, 5.74) is 0.966. The standard InChI is InChI=1S/C16H27NO3/c1-3-4-5-6-11-20-13-15(18)12-17-14-7-9-16(19-2)10-8-14/h7-10,15,17-18H,3-6,11-13H2,1-2H3. The average Bonchev–Trinajstić information content (AvgIpc) is 2.49. The highest BCUT2D eigenvalue weighted by atomic mass is 16.5. The lowest BCUT2D eigenvalue weighted by atomic mass is 10.2. The van der Waals surface area contributed by atoms with Crippen molar-refractivity contribution in [2.45, 2.75) is 38.7 Å². The highest BCUT2D eigenvalue weighted by Crippen LogP contribution is 2.14. The smallest absolute Gasteiger partial charge is 0.119 e.